The molecule has 1 aliphatic rings. The minimum atomic E-state index is 0.604. The van der Waals surface area contributed by atoms with Crippen LogP contribution in [0.2, 0.25) is 0 Å². The first-order valence-electron chi connectivity index (χ1n) is 6.58. The third-order valence-electron chi connectivity index (χ3n) is 3.83. The van der Waals surface area contributed by atoms with Crippen molar-refractivity contribution in [3.05, 3.63) is 23.9 Å². The number of piperidine rings is 1. The summed E-state index contributed by atoms with van der Waals surface area (Å²) in [4.78, 5) is 6.66. The average molecular weight is 233 g/mol. The van der Waals surface area contributed by atoms with Gasteiger partial charge in [0.25, 0.3) is 0 Å². The van der Waals surface area contributed by atoms with Crippen LogP contribution >= 0.6 is 0 Å². The molecule has 0 aliphatic carbocycles. The van der Waals surface area contributed by atoms with Crippen molar-refractivity contribution in [1.82, 2.24) is 9.88 Å². The lowest BCUT2D eigenvalue weighted by Crippen LogP contribution is -2.34. The number of rotatable bonds is 3. The topological polar surface area (TPSA) is 42.1 Å². The number of nitrogens with two attached hydrogens (primary N) is 1. The Balaban J connectivity index is 1.84. The van der Waals surface area contributed by atoms with E-state index in [0.29, 0.717) is 5.82 Å². The molecule has 1 aliphatic heterocycles. The van der Waals surface area contributed by atoms with Crippen LogP contribution in [-0.2, 0) is 6.54 Å². The number of anilines is 1. The van der Waals surface area contributed by atoms with Gasteiger partial charge in [-0.3, -0.25) is 4.90 Å². The van der Waals surface area contributed by atoms with E-state index < -0.39 is 0 Å². The summed E-state index contributed by atoms with van der Waals surface area (Å²) in [5, 5.41) is 0. The predicted octanol–water partition coefficient (Wildman–Crippen LogP) is 2.53. The first kappa shape index (κ1) is 12.4. The Labute approximate surface area is 104 Å². The Morgan fingerprint density at radius 3 is 2.59 bits per heavy atom. The molecule has 94 valence electrons. The number of pyridine rings is 1. The van der Waals surface area contributed by atoms with Gasteiger partial charge in [0, 0.05) is 12.7 Å². The van der Waals surface area contributed by atoms with Crippen molar-refractivity contribution in [1.29, 1.82) is 0 Å². The third-order valence-corrected chi connectivity index (χ3v) is 3.83. The summed E-state index contributed by atoms with van der Waals surface area (Å²) >= 11 is 0. The van der Waals surface area contributed by atoms with Crippen LogP contribution in [0.4, 0.5) is 5.82 Å². The Morgan fingerprint density at radius 1 is 1.35 bits per heavy atom. The molecule has 2 N–H and O–H groups in total. The van der Waals surface area contributed by atoms with E-state index in [1.165, 1.54) is 31.5 Å². The zero-order chi connectivity index (χ0) is 12.3. The van der Waals surface area contributed by atoms with E-state index in [2.05, 4.69) is 29.8 Å². The molecular weight excluding hydrogens is 210 g/mol. The van der Waals surface area contributed by atoms with Crippen LogP contribution < -0.4 is 5.73 Å². The first-order chi connectivity index (χ1) is 8.15. The van der Waals surface area contributed by atoms with Gasteiger partial charge in [0.2, 0.25) is 0 Å². The zero-order valence-corrected chi connectivity index (χ0v) is 10.9. The molecule has 0 saturated carbocycles. The van der Waals surface area contributed by atoms with Gasteiger partial charge in [-0.2, -0.15) is 0 Å². The maximum absolute atomic E-state index is 5.59. The largest absolute Gasteiger partial charge is 0.384 e. The summed E-state index contributed by atoms with van der Waals surface area (Å²) < 4.78 is 0. The smallest absolute Gasteiger partial charge is 0.123 e. The highest BCUT2D eigenvalue weighted by atomic mass is 15.1. The molecular formula is C14H23N3. The van der Waals surface area contributed by atoms with E-state index in [9.17, 15) is 0 Å². The monoisotopic (exact) mass is 233 g/mol. The highest BCUT2D eigenvalue weighted by Crippen LogP contribution is 2.25. The molecule has 3 nitrogen and oxygen atoms in total. The molecule has 3 heteroatoms. The van der Waals surface area contributed by atoms with Crippen LogP contribution in [0.5, 0.6) is 0 Å². The number of aromatic nitrogens is 1. The minimum absolute atomic E-state index is 0.604. The molecule has 0 amide bonds. The van der Waals surface area contributed by atoms with E-state index >= 15 is 0 Å². The molecule has 2 heterocycles. The lowest BCUT2D eigenvalue weighted by Gasteiger charge is -2.33. The maximum Gasteiger partial charge on any atom is 0.123 e. The van der Waals surface area contributed by atoms with Crippen LogP contribution in [0.25, 0.3) is 0 Å². The molecule has 0 atom stereocenters. The molecule has 0 radical (unpaired) electrons. The van der Waals surface area contributed by atoms with Crippen molar-refractivity contribution in [2.75, 3.05) is 18.8 Å². The van der Waals surface area contributed by atoms with Gasteiger partial charge >= 0.3 is 0 Å². The lowest BCUT2D eigenvalue weighted by molar-refractivity contribution is 0.152. The first-order valence-corrected chi connectivity index (χ1v) is 6.58. The second kappa shape index (κ2) is 5.50. The molecule has 1 saturated heterocycles. The second-order valence-corrected chi connectivity index (χ2v) is 5.45. The molecule has 0 aromatic carbocycles. The van der Waals surface area contributed by atoms with Crippen LogP contribution in [0, 0.1) is 11.8 Å². The average Bonchev–Trinajstić information content (AvgIpc) is 2.33. The quantitative estimate of drug-likeness (QED) is 0.872. The molecule has 1 aromatic rings. The predicted molar refractivity (Wildman–Crippen MR) is 71.5 cm³/mol. The molecule has 0 bridgehead atoms. The fourth-order valence-electron chi connectivity index (χ4n) is 2.57. The fraction of sp³-hybridized carbons (Fsp3) is 0.643. The summed E-state index contributed by atoms with van der Waals surface area (Å²) in [6.45, 7) is 8.12. The standard InChI is InChI=1S/C14H23N3/c1-11(2)13-5-7-17(8-6-13)10-12-3-4-14(15)16-9-12/h3-4,9,11,13H,5-8,10H2,1-2H3,(H2,15,16). The van der Waals surface area contributed by atoms with E-state index in [4.69, 9.17) is 5.73 Å². The number of hydrogen-bond acceptors (Lipinski definition) is 3. The summed E-state index contributed by atoms with van der Waals surface area (Å²) in [5.74, 6) is 2.35. The summed E-state index contributed by atoms with van der Waals surface area (Å²) in [7, 11) is 0. The molecule has 1 fully saturated rings. The van der Waals surface area contributed by atoms with Gasteiger partial charge in [-0.05, 0) is 49.4 Å². The van der Waals surface area contributed by atoms with E-state index in [1.54, 1.807) is 0 Å². The normalized spacial score (nSPS) is 18.8. The Hall–Kier alpha value is -1.09. The minimum Gasteiger partial charge on any atom is -0.384 e. The van der Waals surface area contributed by atoms with Gasteiger partial charge in [-0.15, -0.1) is 0 Å². The van der Waals surface area contributed by atoms with Gasteiger partial charge < -0.3 is 5.73 Å². The van der Waals surface area contributed by atoms with E-state index in [0.717, 1.165) is 18.4 Å². The third kappa shape index (κ3) is 3.43. The van der Waals surface area contributed by atoms with Gasteiger partial charge in [0.15, 0.2) is 0 Å². The van der Waals surface area contributed by atoms with Gasteiger partial charge in [-0.25, -0.2) is 4.98 Å². The fourth-order valence-corrected chi connectivity index (χ4v) is 2.57. The molecule has 2 rings (SSSR count). The van der Waals surface area contributed by atoms with Crippen LogP contribution in [-0.4, -0.2) is 23.0 Å². The Kier molecular flexibility index (Phi) is 4.00. The van der Waals surface area contributed by atoms with Crippen molar-refractivity contribution in [3.63, 3.8) is 0 Å². The molecule has 0 spiro atoms. The van der Waals surface area contributed by atoms with Gasteiger partial charge in [0.1, 0.15) is 5.82 Å². The highest BCUT2D eigenvalue weighted by molar-refractivity contribution is 5.29. The van der Waals surface area contributed by atoms with Gasteiger partial charge in [-0.1, -0.05) is 19.9 Å². The number of hydrogen-bond donors (Lipinski definition) is 1. The van der Waals surface area contributed by atoms with E-state index in [-0.39, 0.29) is 0 Å². The van der Waals surface area contributed by atoms with Crippen molar-refractivity contribution in [2.45, 2.75) is 33.2 Å². The van der Waals surface area contributed by atoms with Crippen LogP contribution in [0.1, 0.15) is 32.3 Å². The summed E-state index contributed by atoms with van der Waals surface area (Å²) in [6.07, 6.45) is 4.56. The van der Waals surface area contributed by atoms with Gasteiger partial charge in [0.05, 0.1) is 0 Å². The molecule has 17 heavy (non-hydrogen) atoms. The molecule has 1 aromatic heterocycles. The second-order valence-electron chi connectivity index (χ2n) is 5.45. The Morgan fingerprint density at radius 2 is 2.06 bits per heavy atom. The van der Waals surface area contributed by atoms with Crippen molar-refractivity contribution in [2.24, 2.45) is 11.8 Å². The zero-order valence-electron chi connectivity index (χ0n) is 10.9. The Bertz CT molecular complexity index is 337. The summed E-state index contributed by atoms with van der Waals surface area (Å²) in [5.41, 5.74) is 6.85. The number of nitrogens with zero attached hydrogens (tertiary/aromatic N) is 2. The lowest BCUT2D eigenvalue weighted by atomic mass is 9.86. The van der Waals surface area contributed by atoms with Crippen molar-refractivity contribution >= 4 is 5.82 Å². The number of nitrogen functional groups attached to an aromatic ring is 1. The molecule has 0 unspecified atom stereocenters. The van der Waals surface area contributed by atoms with Crippen molar-refractivity contribution < 1.29 is 0 Å². The van der Waals surface area contributed by atoms with Crippen molar-refractivity contribution in [3.8, 4) is 0 Å². The van der Waals surface area contributed by atoms with E-state index in [1.807, 2.05) is 12.3 Å². The van der Waals surface area contributed by atoms with Crippen LogP contribution in [0.15, 0.2) is 18.3 Å². The SMILES string of the molecule is CC(C)C1CCN(Cc2ccc(N)nc2)CC1. The number of likely N-dealkylation sites (tertiary alicyclic amines) is 1. The highest BCUT2D eigenvalue weighted by Gasteiger charge is 2.21. The summed E-state index contributed by atoms with van der Waals surface area (Å²) in [6, 6.07) is 3.97. The maximum atomic E-state index is 5.59. The van der Waals surface area contributed by atoms with Crippen LogP contribution in [0.3, 0.4) is 0 Å².